The fraction of sp³-hybridized carbons (Fsp3) is 0.294. The van der Waals surface area contributed by atoms with E-state index in [0.717, 1.165) is 26.5 Å². The molecule has 0 saturated carbocycles. The molecule has 0 heterocycles. The molecule has 0 bridgehead atoms. The van der Waals surface area contributed by atoms with E-state index in [1.807, 2.05) is 6.07 Å². The smallest absolute Gasteiger partial charge is 0.0836 e. The zero-order chi connectivity index (χ0) is 14.5. The average molecular weight is 417 g/mol. The third-order valence-electron chi connectivity index (χ3n) is 3.27. The molecule has 1 atom stereocenters. The Balaban J connectivity index is 2.17. The molecular weight excluding hydrogens is 399 g/mol. The summed E-state index contributed by atoms with van der Waals surface area (Å²) in [6, 6.07) is 14.8. The van der Waals surface area contributed by atoms with E-state index < -0.39 is 0 Å². The first-order chi connectivity index (χ1) is 9.60. The highest BCUT2D eigenvalue weighted by molar-refractivity contribution is 9.11. The summed E-state index contributed by atoms with van der Waals surface area (Å²) in [6.07, 6.45) is 3.61. The van der Waals surface area contributed by atoms with Gasteiger partial charge in [-0.05, 0) is 47.7 Å². The van der Waals surface area contributed by atoms with Gasteiger partial charge in [-0.15, -0.1) is 11.6 Å². The molecule has 0 aliphatic carbocycles. The van der Waals surface area contributed by atoms with Crippen molar-refractivity contribution in [3.63, 3.8) is 0 Å². The molecule has 20 heavy (non-hydrogen) atoms. The van der Waals surface area contributed by atoms with E-state index in [2.05, 4.69) is 75.2 Å². The Labute approximate surface area is 142 Å². The number of unbranched alkanes of at least 4 members (excludes halogenated alkanes) is 1. The summed E-state index contributed by atoms with van der Waals surface area (Å²) in [7, 11) is 0. The summed E-state index contributed by atoms with van der Waals surface area (Å²) in [6.45, 7) is 2.22. The highest BCUT2D eigenvalue weighted by atomic mass is 79.9. The van der Waals surface area contributed by atoms with Gasteiger partial charge < -0.3 is 0 Å². The molecule has 0 spiro atoms. The molecule has 0 aromatic heterocycles. The van der Waals surface area contributed by atoms with Crippen molar-refractivity contribution in [2.45, 2.75) is 31.6 Å². The molecule has 2 rings (SSSR count). The third-order valence-corrected chi connectivity index (χ3v) is 4.69. The second-order valence-electron chi connectivity index (χ2n) is 4.91. The standard InChI is InChI=1S/C17H17Br2Cl/c1-2-3-4-12-5-7-13(8-6-12)17(20)14-9-15(18)11-16(19)10-14/h5-11,17H,2-4H2,1H3. The average Bonchev–Trinajstić information content (AvgIpc) is 2.44. The maximum atomic E-state index is 6.59. The van der Waals surface area contributed by atoms with Crippen LogP contribution < -0.4 is 0 Å². The van der Waals surface area contributed by atoms with Gasteiger partial charge in [-0.25, -0.2) is 0 Å². The molecule has 0 saturated heterocycles. The lowest BCUT2D eigenvalue weighted by Gasteiger charge is -2.12. The van der Waals surface area contributed by atoms with Crippen molar-refractivity contribution >= 4 is 43.5 Å². The minimum absolute atomic E-state index is 0.121. The summed E-state index contributed by atoms with van der Waals surface area (Å²) in [4.78, 5) is 0. The van der Waals surface area contributed by atoms with Crippen LogP contribution in [0.3, 0.4) is 0 Å². The Kier molecular flexibility index (Phi) is 6.13. The maximum Gasteiger partial charge on any atom is 0.0836 e. The highest BCUT2D eigenvalue weighted by Crippen LogP contribution is 2.32. The topological polar surface area (TPSA) is 0 Å². The maximum absolute atomic E-state index is 6.59. The van der Waals surface area contributed by atoms with Crippen LogP contribution in [0.4, 0.5) is 0 Å². The van der Waals surface area contributed by atoms with Gasteiger partial charge in [0.05, 0.1) is 5.38 Å². The van der Waals surface area contributed by atoms with E-state index >= 15 is 0 Å². The zero-order valence-corrected chi connectivity index (χ0v) is 15.3. The van der Waals surface area contributed by atoms with Crippen LogP contribution in [-0.2, 0) is 6.42 Å². The number of aryl methyl sites for hydroxylation is 1. The first-order valence-corrected chi connectivity index (χ1v) is 8.81. The molecule has 3 heteroatoms. The molecular formula is C17H17Br2Cl. The molecule has 106 valence electrons. The van der Waals surface area contributed by atoms with Crippen LogP contribution in [0.25, 0.3) is 0 Å². The minimum atomic E-state index is -0.121. The van der Waals surface area contributed by atoms with Crippen LogP contribution in [0.15, 0.2) is 51.4 Å². The summed E-state index contributed by atoms with van der Waals surface area (Å²) in [5, 5.41) is -0.121. The molecule has 1 unspecified atom stereocenters. The van der Waals surface area contributed by atoms with E-state index in [9.17, 15) is 0 Å². The van der Waals surface area contributed by atoms with Gasteiger partial charge in [0.15, 0.2) is 0 Å². The molecule has 0 N–H and O–H groups in total. The molecule has 0 aliphatic heterocycles. The van der Waals surface area contributed by atoms with Crippen molar-refractivity contribution in [1.82, 2.24) is 0 Å². The summed E-state index contributed by atoms with van der Waals surface area (Å²) < 4.78 is 2.07. The highest BCUT2D eigenvalue weighted by Gasteiger charge is 2.12. The van der Waals surface area contributed by atoms with Gasteiger partial charge in [0.25, 0.3) is 0 Å². The summed E-state index contributed by atoms with van der Waals surface area (Å²) in [5.74, 6) is 0. The van der Waals surface area contributed by atoms with E-state index in [1.165, 1.54) is 18.4 Å². The molecule has 0 fully saturated rings. The van der Waals surface area contributed by atoms with E-state index in [1.54, 1.807) is 0 Å². The first-order valence-electron chi connectivity index (χ1n) is 6.79. The second-order valence-corrected chi connectivity index (χ2v) is 7.18. The quantitative estimate of drug-likeness (QED) is 0.466. The van der Waals surface area contributed by atoms with Crippen LogP contribution >= 0.6 is 43.5 Å². The van der Waals surface area contributed by atoms with Crippen molar-refractivity contribution in [1.29, 1.82) is 0 Å². The number of rotatable bonds is 5. The van der Waals surface area contributed by atoms with Gasteiger partial charge in [-0.3, -0.25) is 0 Å². The molecule has 0 nitrogen and oxygen atoms in total. The van der Waals surface area contributed by atoms with Crippen LogP contribution in [0.1, 0.15) is 41.8 Å². The first kappa shape index (κ1) is 16.1. The van der Waals surface area contributed by atoms with Crippen LogP contribution in [-0.4, -0.2) is 0 Å². The van der Waals surface area contributed by atoms with Gasteiger partial charge >= 0.3 is 0 Å². The van der Waals surface area contributed by atoms with E-state index in [4.69, 9.17) is 11.6 Å². The monoisotopic (exact) mass is 414 g/mol. The van der Waals surface area contributed by atoms with Gasteiger partial charge in [-0.1, -0.05) is 69.5 Å². The zero-order valence-electron chi connectivity index (χ0n) is 11.4. The Hall–Kier alpha value is -0.310. The fourth-order valence-electron chi connectivity index (χ4n) is 2.15. The fourth-order valence-corrected chi connectivity index (χ4v) is 3.75. The van der Waals surface area contributed by atoms with Gasteiger partial charge in [-0.2, -0.15) is 0 Å². The number of benzene rings is 2. The lowest BCUT2D eigenvalue weighted by molar-refractivity contribution is 0.794. The normalized spacial score (nSPS) is 12.4. The number of hydrogen-bond donors (Lipinski definition) is 0. The van der Waals surface area contributed by atoms with Crippen LogP contribution in [0.5, 0.6) is 0 Å². The number of hydrogen-bond acceptors (Lipinski definition) is 0. The van der Waals surface area contributed by atoms with Gasteiger partial charge in [0.2, 0.25) is 0 Å². The largest absolute Gasteiger partial charge is 0.113 e. The summed E-state index contributed by atoms with van der Waals surface area (Å²) in [5.41, 5.74) is 3.61. The minimum Gasteiger partial charge on any atom is -0.113 e. The molecule has 2 aromatic rings. The Morgan fingerprint density at radius 3 is 2.10 bits per heavy atom. The Morgan fingerprint density at radius 1 is 0.950 bits per heavy atom. The third kappa shape index (κ3) is 4.34. The Morgan fingerprint density at radius 2 is 1.55 bits per heavy atom. The van der Waals surface area contributed by atoms with Crippen molar-refractivity contribution in [2.75, 3.05) is 0 Å². The van der Waals surface area contributed by atoms with Crippen molar-refractivity contribution in [2.24, 2.45) is 0 Å². The van der Waals surface area contributed by atoms with E-state index in [-0.39, 0.29) is 5.38 Å². The van der Waals surface area contributed by atoms with E-state index in [0.29, 0.717) is 0 Å². The lowest BCUT2D eigenvalue weighted by Crippen LogP contribution is -1.94. The molecule has 0 amide bonds. The van der Waals surface area contributed by atoms with Crippen molar-refractivity contribution in [3.8, 4) is 0 Å². The molecule has 2 aromatic carbocycles. The SMILES string of the molecule is CCCCc1ccc(C(Cl)c2cc(Br)cc(Br)c2)cc1. The predicted octanol–water partition coefficient (Wildman–Crippen LogP) is 6.88. The lowest BCUT2D eigenvalue weighted by atomic mass is 10.0. The van der Waals surface area contributed by atoms with Crippen LogP contribution in [0, 0.1) is 0 Å². The van der Waals surface area contributed by atoms with Gasteiger partial charge in [0.1, 0.15) is 0 Å². The molecule has 0 aliphatic rings. The van der Waals surface area contributed by atoms with Crippen LogP contribution in [0.2, 0.25) is 0 Å². The van der Waals surface area contributed by atoms with Crippen molar-refractivity contribution < 1.29 is 0 Å². The Bertz CT molecular complexity index is 543. The predicted molar refractivity (Wildman–Crippen MR) is 94.6 cm³/mol. The second kappa shape index (κ2) is 7.63. The summed E-state index contributed by atoms with van der Waals surface area (Å²) >= 11 is 13.6. The van der Waals surface area contributed by atoms with Gasteiger partial charge in [0, 0.05) is 8.95 Å². The van der Waals surface area contributed by atoms with Crippen molar-refractivity contribution in [3.05, 3.63) is 68.1 Å². The molecule has 0 radical (unpaired) electrons. The number of halogens is 3. The number of alkyl halides is 1.